The normalized spacial score (nSPS) is 12.3. The summed E-state index contributed by atoms with van der Waals surface area (Å²) in [5, 5.41) is 3.48. The maximum atomic E-state index is 11.3. The quantitative estimate of drug-likeness (QED) is 0.865. The van der Waals surface area contributed by atoms with Crippen LogP contribution < -0.4 is 11.1 Å². The first kappa shape index (κ1) is 12.6. The van der Waals surface area contributed by atoms with Crippen LogP contribution in [-0.2, 0) is 4.79 Å². The lowest BCUT2D eigenvalue weighted by molar-refractivity contribution is -0.117. The number of benzene rings is 1. The first-order chi connectivity index (χ1) is 6.91. The van der Waals surface area contributed by atoms with E-state index in [1.807, 2.05) is 0 Å². The number of hydrogen-bond acceptors (Lipinski definition) is 2. The van der Waals surface area contributed by atoms with Crippen molar-refractivity contribution < 1.29 is 4.79 Å². The van der Waals surface area contributed by atoms with E-state index in [-0.39, 0.29) is 16.0 Å². The van der Waals surface area contributed by atoms with E-state index in [2.05, 4.69) is 5.32 Å². The van der Waals surface area contributed by atoms with Crippen LogP contribution in [0.3, 0.4) is 0 Å². The minimum Gasteiger partial charge on any atom is -0.322 e. The summed E-state index contributed by atoms with van der Waals surface area (Å²) in [5.41, 5.74) is 5.71. The number of nitrogens with one attached hydrogen (secondary N) is 1. The van der Waals surface area contributed by atoms with Crippen molar-refractivity contribution in [1.82, 2.24) is 0 Å². The van der Waals surface area contributed by atoms with Crippen molar-refractivity contribution in [2.75, 3.05) is 5.32 Å². The SMILES string of the molecule is C[C@H](N)C(=O)Nc1c(Cl)cc(Cl)cc1Cl. The summed E-state index contributed by atoms with van der Waals surface area (Å²) in [6, 6.07) is 2.35. The van der Waals surface area contributed by atoms with Crippen LogP contribution in [0.2, 0.25) is 15.1 Å². The number of amides is 1. The average molecular weight is 268 g/mol. The summed E-state index contributed by atoms with van der Waals surface area (Å²) in [7, 11) is 0. The predicted molar refractivity (Wildman–Crippen MR) is 63.8 cm³/mol. The molecule has 1 rings (SSSR count). The van der Waals surface area contributed by atoms with Crippen LogP contribution in [0.5, 0.6) is 0 Å². The van der Waals surface area contributed by atoms with E-state index >= 15 is 0 Å². The lowest BCUT2D eigenvalue weighted by atomic mass is 10.3. The summed E-state index contributed by atoms with van der Waals surface area (Å²) in [5.74, 6) is -0.360. The van der Waals surface area contributed by atoms with Crippen LogP contribution in [0.15, 0.2) is 12.1 Å². The van der Waals surface area contributed by atoms with Gasteiger partial charge in [-0.25, -0.2) is 0 Å². The Morgan fingerprint density at radius 3 is 2.20 bits per heavy atom. The van der Waals surface area contributed by atoms with Crippen molar-refractivity contribution in [3.05, 3.63) is 27.2 Å². The molecular formula is C9H9Cl3N2O. The number of anilines is 1. The molecule has 0 aliphatic carbocycles. The Bertz CT molecular complexity index is 370. The van der Waals surface area contributed by atoms with Crippen LogP contribution in [-0.4, -0.2) is 11.9 Å². The molecule has 0 aliphatic rings. The van der Waals surface area contributed by atoms with Crippen molar-refractivity contribution in [3.63, 3.8) is 0 Å². The minimum absolute atomic E-state index is 0.279. The molecule has 6 heteroatoms. The van der Waals surface area contributed by atoms with Crippen molar-refractivity contribution in [2.45, 2.75) is 13.0 Å². The lowest BCUT2D eigenvalue weighted by Crippen LogP contribution is -2.32. The van der Waals surface area contributed by atoms with E-state index < -0.39 is 6.04 Å². The molecule has 1 atom stereocenters. The van der Waals surface area contributed by atoms with Gasteiger partial charge in [-0.1, -0.05) is 34.8 Å². The van der Waals surface area contributed by atoms with Crippen molar-refractivity contribution >= 4 is 46.4 Å². The van der Waals surface area contributed by atoms with Gasteiger partial charge < -0.3 is 11.1 Å². The number of halogens is 3. The van der Waals surface area contributed by atoms with E-state index in [1.165, 1.54) is 12.1 Å². The Hall–Kier alpha value is -0.480. The molecule has 0 unspecified atom stereocenters. The molecule has 0 heterocycles. The fraction of sp³-hybridized carbons (Fsp3) is 0.222. The van der Waals surface area contributed by atoms with Crippen molar-refractivity contribution in [2.24, 2.45) is 5.73 Å². The highest BCUT2D eigenvalue weighted by atomic mass is 35.5. The number of carbonyl (C=O) groups is 1. The fourth-order valence-corrected chi connectivity index (χ4v) is 1.81. The Morgan fingerprint density at radius 1 is 1.33 bits per heavy atom. The highest BCUT2D eigenvalue weighted by molar-refractivity contribution is 6.42. The van der Waals surface area contributed by atoms with Crippen LogP contribution in [0.25, 0.3) is 0 Å². The van der Waals surface area contributed by atoms with E-state index in [0.29, 0.717) is 10.7 Å². The van der Waals surface area contributed by atoms with Gasteiger partial charge in [0.15, 0.2) is 0 Å². The summed E-state index contributed by atoms with van der Waals surface area (Å²) < 4.78 is 0. The van der Waals surface area contributed by atoms with Gasteiger partial charge in [-0.05, 0) is 19.1 Å². The third kappa shape index (κ3) is 3.24. The third-order valence-electron chi connectivity index (χ3n) is 1.67. The largest absolute Gasteiger partial charge is 0.322 e. The zero-order valence-electron chi connectivity index (χ0n) is 7.85. The molecule has 1 amide bonds. The van der Waals surface area contributed by atoms with Crippen LogP contribution in [0.1, 0.15) is 6.92 Å². The van der Waals surface area contributed by atoms with Gasteiger partial charge >= 0.3 is 0 Å². The molecule has 0 fully saturated rings. The van der Waals surface area contributed by atoms with E-state index in [4.69, 9.17) is 40.5 Å². The summed E-state index contributed by atoms with van der Waals surface area (Å²) in [4.78, 5) is 11.3. The topological polar surface area (TPSA) is 55.1 Å². The maximum absolute atomic E-state index is 11.3. The van der Waals surface area contributed by atoms with Gasteiger partial charge in [-0.2, -0.15) is 0 Å². The Morgan fingerprint density at radius 2 is 1.80 bits per heavy atom. The van der Waals surface area contributed by atoms with Gasteiger partial charge in [0.1, 0.15) is 0 Å². The lowest BCUT2D eigenvalue weighted by Gasteiger charge is -2.11. The number of hydrogen-bond donors (Lipinski definition) is 2. The molecule has 15 heavy (non-hydrogen) atoms. The zero-order chi connectivity index (χ0) is 11.6. The van der Waals surface area contributed by atoms with E-state index in [9.17, 15) is 4.79 Å². The summed E-state index contributed by atoms with van der Waals surface area (Å²) in [6.45, 7) is 1.56. The second-order valence-corrected chi connectivity index (χ2v) is 4.27. The smallest absolute Gasteiger partial charge is 0.241 e. The van der Waals surface area contributed by atoms with E-state index in [0.717, 1.165) is 0 Å². The molecule has 3 N–H and O–H groups in total. The molecule has 82 valence electrons. The minimum atomic E-state index is -0.632. The molecule has 0 saturated heterocycles. The molecule has 1 aromatic rings. The van der Waals surface area contributed by atoms with Crippen LogP contribution in [0.4, 0.5) is 5.69 Å². The second kappa shape index (κ2) is 5.03. The van der Waals surface area contributed by atoms with Gasteiger partial charge in [-0.3, -0.25) is 4.79 Å². The molecule has 0 spiro atoms. The highest BCUT2D eigenvalue weighted by Crippen LogP contribution is 2.33. The maximum Gasteiger partial charge on any atom is 0.241 e. The molecule has 0 bridgehead atoms. The monoisotopic (exact) mass is 266 g/mol. The number of rotatable bonds is 2. The summed E-state index contributed by atoms with van der Waals surface area (Å²) >= 11 is 17.4. The number of nitrogens with two attached hydrogens (primary N) is 1. The Labute approximate surface area is 102 Å². The Balaban J connectivity index is 3.00. The van der Waals surface area contributed by atoms with Gasteiger partial charge in [0.05, 0.1) is 21.8 Å². The number of carbonyl (C=O) groups excluding carboxylic acids is 1. The van der Waals surface area contributed by atoms with Gasteiger partial charge in [0.25, 0.3) is 0 Å². The third-order valence-corrected chi connectivity index (χ3v) is 2.48. The molecule has 1 aromatic carbocycles. The molecule has 0 aliphatic heterocycles. The molecule has 0 aromatic heterocycles. The van der Waals surface area contributed by atoms with Gasteiger partial charge in [0, 0.05) is 5.02 Å². The van der Waals surface area contributed by atoms with Crippen molar-refractivity contribution in [3.8, 4) is 0 Å². The second-order valence-electron chi connectivity index (χ2n) is 3.02. The van der Waals surface area contributed by atoms with Crippen LogP contribution in [0, 0.1) is 0 Å². The standard InChI is InChI=1S/C9H9Cl3N2O/c1-4(13)9(15)14-8-6(11)2-5(10)3-7(8)12/h2-4H,13H2,1H3,(H,14,15)/t4-/m0/s1. The molecule has 3 nitrogen and oxygen atoms in total. The zero-order valence-corrected chi connectivity index (χ0v) is 10.1. The first-order valence-electron chi connectivity index (χ1n) is 4.13. The summed E-state index contributed by atoms with van der Waals surface area (Å²) in [6.07, 6.45) is 0. The molecular weight excluding hydrogens is 258 g/mol. The predicted octanol–water partition coefficient (Wildman–Crippen LogP) is 2.93. The molecule has 0 radical (unpaired) electrons. The van der Waals surface area contributed by atoms with Gasteiger partial charge in [-0.15, -0.1) is 0 Å². The van der Waals surface area contributed by atoms with Crippen molar-refractivity contribution in [1.29, 1.82) is 0 Å². The van der Waals surface area contributed by atoms with E-state index in [1.54, 1.807) is 6.92 Å². The molecule has 0 saturated carbocycles. The first-order valence-corrected chi connectivity index (χ1v) is 5.26. The average Bonchev–Trinajstić information content (AvgIpc) is 2.10. The highest BCUT2D eigenvalue weighted by Gasteiger charge is 2.13. The fourth-order valence-electron chi connectivity index (χ4n) is 0.899. The van der Waals surface area contributed by atoms with Gasteiger partial charge in [0.2, 0.25) is 5.91 Å². The van der Waals surface area contributed by atoms with Crippen LogP contribution >= 0.6 is 34.8 Å². The Kier molecular flexibility index (Phi) is 4.22.